The van der Waals surface area contributed by atoms with E-state index < -0.39 is 0 Å². The van der Waals surface area contributed by atoms with Crippen LogP contribution in [0.5, 0.6) is 5.75 Å². The summed E-state index contributed by atoms with van der Waals surface area (Å²) in [5, 5.41) is 5.43. The fourth-order valence-electron chi connectivity index (χ4n) is 2.32. The second-order valence-electron chi connectivity index (χ2n) is 4.64. The van der Waals surface area contributed by atoms with Gasteiger partial charge in [0, 0.05) is 0 Å². The third-order valence-electron chi connectivity index (χ3n) is 3.32. The monoisotopic (exact) mass is 283 g/mol. The van der Waals surface area contributed by atoms with Crippen molar-refractivity contribution in [3.05, 3.63) is 53.8 Å². The molecule has 4 rings (SSSR count). The molecule has 0 aliphatic carbocycles. The maximum atomic E-state index is 6.00. The summed E-state index contributed by atoms with van der Waals surface area (Å²) >= 11 is 1.70. The molecule has 1 aromatic carbocycles. The number of hydrogen-bond acceptors (Lipinski definition) is 4. The van der Waals surface area contributed by atoms with Crippen molar-refractivity contribution in [3.8, 4) is 16.3 Å². The first kappa shape index (κ1) is 11.5. The van der Waals surface area contributed by atoms with E-state index in [2.05, 4.69) is 26.7 Å². The van der Waals surface area contributed by atoms with Gasteiger partial charge < -0.3 is 15.0 Å². The minimum atomic E-state index is -0.0846. The van der Waals surface area contributed by atoms with Gasteiger partial charge in [-0.15, -0.1) is 11.3 Å². The number of hydrogen-bond donors (Lipinski definition) is 2. The fourth-order valence-corrected chi connectivity index (χ4v) is 3.01. The second-order valence-corrected chi connectivity index (χ2v) is 5.59. The van der Waals surface area contributed by atoms with Crippen LogP contribution in [0, 0.1) is 0 Å². The van der Waals surface area contributed by atoms with Crippen LogP contribution in [0.25, 0.3) is 10.6 Å². The standard InChI is InChI=1S/C15H13N3OS/c1-2-5-12-10(4-1)16-9-13(19-12)15-17-8-11(18-15)14-6-3-7-20-14/h1-8,13,16H,9H2,(H,17,18). The van der Waals surface area contributed by atoms with Crippen molar-refractivity contribution in [2.24, 2.45) is 0 Å². The molecule has 1 unspecified atom stereocenters. The lowest BCUT2D eigenvalue weighted by Crippen LogP contribution is -2.24. The molecule has 0 radical (unpaired) electrons. The molecule has 0 bridgehead atoms. The van der Waals surface area contributed by atoms with Crippen LogP contribution in [-0.2, 0) is 0 Å². The van der Waals surface area contributed by atoms with Crippen LogP contribution in [-0.4, -0.2) is 16.5 Å². The number of nitrogens with zero attached hydrogens (tertiary/aromatic N) is 1. The van der Waals surface area contributed by atoms with Crippen molar-refractivity contribution in [3.63, 3.8) is 0 Å². The van der Waals surface area contributed by atoms with Crippen LogP contribution in [0.3, 0.4) is 0 Å². The molecule has 20 heavy (non-hydrogen) atoms. The minimum absolute atomic E-state index is 0.0846. The minimum Gasteiger partial charge on any atom is -0.478 e. The zero-order valence-corrected chi connectivity index (χ0v) is 11.5. The van der Waals surface area contributed by atoms with Gasteiger partial charge in [0.1, 0.15) is 11.6 Å². The van der Waals surface area contributed by atoms with Gasteiger partial charge in [-0.2, -0.15) is 0 Å². The summed E-state index contributed by atoms with van der Waals surface area (Å²) in [6.07, 6.45) is 1.78. The lowest BCUT2D eigenvalue weighted by atomic mass is 10.2. The number of nitrogens with one attached hydrogen (secondary N) is 2. The Labute approximate surface area is 120 Å². The van der Waals surface area contributed by atoms with E-state index in [1.165, 1.54) is 4.88 Å². The number of rotatable bonds is 2. The Morgan fingerprint density at radius 1 is 1.20 bits per heavy atom. The zero-order chi connectivity index (χ0) is 13.4. The number of fused-ring (bicyclic) bond motifs is 1. The lowest BCUT2D eigenvalue weighted by molar-refractivity contribution is 0.201. The van der Waals surface area contributed by atoms with Gasteiger partial charge in [-0.3, -0.25) is 0 Å². The Kier molecular flexibility index (Phi) is 2.70. The SMILES string of the molecule is c1csc(-c2cnc(C3CNc4ccccc4O3)[nH]2)c1. The van der Waals surface area contributed by atoms with Crippen LogP contribution in [0.1, 0.15) is 11.9 Å². The number of thiophene rings is 1. The average molecular weight is 283 g/mol. The molecule has 100 valence electrons. The molecule has 1 aliphatic heterocycles. The highest BCUT2D eigenvalue weighted by atomic mass is 32.1. The zero-order valence-electron chi connectivity index (χ0n) is 10.7. The number of anilines is 1. The van der Waals surface area contributed by atoms with Gasteiger partial charge in [-0.05, 0) is 23.6 Å². The van der Waals surface area contributed by atoms with Gasteiger partial charge in [-0.25, -0.2) is 4.98 Å². The lowest BCUT2D eigenvalue weighted by Gasteiger charge is -2.25. The van der Waals surface area contributed by atoms with Crippen LogP contribution in [0.2, 0.25) is 0 Å². The van der Waals surface area contributed by atoms with E-state index in [1.807, 2.05) is 36.5 Å². The summed E-state index contributed by atoms with van der Waals surface area (Å²) in [4.78, 5) is 8.99. The van der Waals surface area contributed by atoms with Crippen molar-refractivity contribution in [2.75, 3.05) is 11.9 Å². The molecule has 0 spiro atoms. The third-order valence-corrected chi connectivity index (χ3v) is 4.22. The summed E-state index contributed by atoms with van der Waals surface area (Å²) < 4.78 is 6.00. The number of benzene rings is 1. The predicted molar refractivity (Wildman–Crippen MR) is 80.2 cm³/mol. The summed E-state index contributed by atoms with van der Waals surface area (Å²) in [6, 6.07) is 12.1. The van der Waals surface area contributed by atoms with Crippen LogP contribution in [0.15, 0.2) is 48.0 Å². The molecule has 0 saturated heterocycles. The van der Waals surface area contributed by atoms with Crippen LogP contribution in [0.4, 0.5) is 5.69 Å². The Hall–Kier alpha value is -2.27. The molecule has 1 atom stereocenters. The first-order valence-corrected chi connectivity index (χ1v) is 7.36. The highest BCUT2D eigenvalue weighted by Crippen LogP contribution is 2.33. The van der Waals surface area contributed by atoms with E-state index in [0.29, 0.717) is 6.54 Å². The van der Waals surface area contributed by atoms with Crippen molar-refractivity contribution in [1.82, 2.24) is 9.97 Å². The van der Waals surface area contributed by atoms with E-state index in [0.717, 1.165) is 23.0 Å². The quantitative estimate of drug-likeness (QED) is 0.754. The van der Waals surface area contributed by atoms with Gasteiger partial charge in [0.2, 0.25) is 0 Å². The van der Waals surface area contributed by atoms with Crippen LogP contribution < -0.4 is 10.1 Å². The summed E-state index contributed by atoms with van der Waals surface area (Å²) in [5.74, 6) is 1.73. The summed E-state index contributed by atoms with van der Waals surface area (Å²) in [5.41, 5.74) is 2.08. The average Bonchev–Trinajstić information content (AvgIpc) is 3.17. The van der Waals surface area contributed by atoms with Gasteiger partial charge in [0.15, 0.2) is 6.10 Å². The van der Waals surface area contributed by atoms with Crippen LogP contribution >= 0.6 is 11.3 Å². The van der Waals surface area contributed by atoms with E-state index in [9.17, 15) is 0 Å². The van der Waals surface area contributed by atoms with Crippen molar-refractivity contribution < 1.29 is 4.74 Å². The largest absolute Gasteiger partial charge is 0.478 e. The molecular formula is C15H13N3OS. The molecule has 2 aromatic heterocycles. The normalized spacial score (nSPS) is 17.1. The number of para-hydroxylation sites is 2. The van der Waals surface area contributed by atoms with E-state index in [4.69, 9.17) is 4.74 Å². The number of aromatic amines is 1. The highest BCUT2D eigenvalue weighted by molar-refractivity contribution is 7.13. The van der Waals surface area contributed by atoms with E-state index >= 15 is 0 Å². The topological polar surface area (TPSA) is 49.9 Å². The number of H-pyrrole nitrogens is 1. The Balaban J connectivity index is 1.60. The molecule has 3 aromatic rings. The maximum Gasteiger partial charge on any atom is 0.173 e. The third kappa shape index (κ3) is 1.96. The van der Waals surface area contributed by atoms with Gasteiger partial charge in [-0.1, -0.05) is 18.2 Å². The molecule has 0 fully saturated rings. The van der Waals surface area contributed by atoms with Crippen molar-refractivity contribution in [1.29, 1.82) is 0 Å². The van der Waals surface area contributed by atoms with Gasteiger partial charge >= 0.3 is 0 Å². The Morgan fingerprint density at radius 2 is 2.15 bits per heavy atom. The number of ether oxygens (including phenoxy) is 1. The number of aromatic nitrogens is 2. The summed E-state index contributed by atoms with van der Waals surface area (Å²) in [7, 11) is 0. The molecule has 0 amide bonds. The molecule has 5 heteroatoms. The molecule has 2 N–H and O–H groups in total. The first-order valence-electron chi connectivity index (χ1n) is 6.48. The molecule has 0 saturated carbocycles. The van der Waals surface area contributed by atoms with Crippen molar-refractivity contribution in [2.45, 2.75) is 6.10 Å². The fraction of sp³-hybridized carbons (Fsp3) is 0.133. The Morgan fingerprint density at radius 3 is 3.05 bits per heavy atom. The predicted octanol–water partition coefficient (Wildman–Crippen LogP) is 3.68. The molecule has 3 heterocycles. The Bertz CT molecular complexity index is 720. The molecule has 1 aliphatic rings. The summed E-state index contributed by atoms with van der Waals surface area (Å²) in [6.45, 7) is 0.717. The molecule has 4 nitrogen and oxygen atoms in total. The first-order chi connectivity index (χ1) is 9.90. The highest BCUT2D eigenvalue weighted by Gasteiger charge is 2.23. The number of imidazole rings is 1. The second kappa shape index (κ2) is 4.68. The van der Waals surface area contributed by atoms with Gasteiger partial charge in [0.05, 0.1) is 29.0 Å². The van der Waals surface area contributed by atoms with Crippen molar-refractivity contribution >= 4 is 17.0 Å². The smallest absolute Gasteiger partial charge is 0.173 e. The van der Waals surface area contributed by atoms with E-state index in [-0.39, 0.29) is 6.10 Å². The van der Waals surface area contributed by atoms with Gasteiger partial charge in [0.25, 0.3) is 0 Å². The molecular weight excluding hydrogens is 270 g/mol. The maximum absolute atomic E-state index is 6.00. The van der Waals surface area contributed by atoms with E-state index in [1.54, 1.807) is 11.3 Å².